The summed E-state index contributed by atoms with van der Waals surface area (Å²) in [6.45, 7) is 2.64. The van der Waals surface area contributed by atoms with Gasteiger partial charge in [-0.05, 0) is 40.7 Å². The number of benzene rings is 1. The van der Waals surface area contributed by atoms with Gasteiger partial charge in [0, 0.05) is 0 Å². The zero-order valence-corrected chi connectivity index (χ0v) is 10.5. The Balaban J connectivity index is 2.98. The summed E-state index contributed by atoms with van der Waals surface area (Å²) in [5.74, 6) is 0.381. The zero-order chi connectivity index (χ0) is 10.6. The van der Waals surface area contributed by atoms with Gasteiger partial charge < -0.3 is 4.74 Å². The van der Waals surface area contributed by atoms with E-state index in [4.69, 9.17) is 4.74 Å². The fraction of sp³-hybridized carbons (Fsp3) is 0.400. The maximum absolute atomic E-state index is 13.5. The summed E-state index contributed by atoms with van der Waals surface area (Å²) in [5.41, 5.74) is 0. The molecule has 0 fully saturated rings. The number of hydrogen-bond acceptors (Lipinski definition) is 2. The van der Waals surface area contributed by atoms with Crippen molar-refractivity contribution in [3.63, 3.8) is 0 Å². The van der Waals surface area contributed by atoms with Crippen LogP contribution in [0.15, 0.2) is 21.5 Å². The molecule has 0 saturated carbocycles. The molecule has 1 aromatic carbocycles. The van der Waals surface area contributed by atoms with Gasteiger partial charge in [-0.1, -0.05) is 6.92 Å². The second kappa shape index (κ2) is 5.61. The van der Waals surface area contributed by atoms with Crippen LogP contribution in [0.3, 0.4) is 0 Å². The molecule has 0 aliphatic carbocycles. The number of ether oxygens (including phenoxy) is 1. The highest BCUT2D eigenvalue weighted by molar-refractivity contribution is 9.10. The summed E-state index contributed by atoms with van der Waals surface area (Å²) in [7, 11) is 0. The van der Waals surface area contributed by atoms with Gasteiger partial charge in [-0.3, -0.25) is 0 Å². The Kier molecular flexibility index (Phi) is 4.75. The molecule has 4 heteroatoms. The van der Waals surface area contributed by atoms with Crippen molar-refractivity contribution in [2.75, 3.05) is 12.9 Å². The molecule has 0 spiro atoms. The first-order valence-corrected chi connectivity index (χ1v) is 6.37. The second-order valence-electron chi connectivity index (χ2n) is 2.74. The molecule has 1 aromatic rings. The lowest BCUT2D eigenvalue weighted by molar-refractivity contribution is 0.306. The van der Waals surface area contributed by atoms with Crippen molar-refractivity contribution in [2.45, 2.75) is 18.2 Å². The van der Waals surface area contributed by atoms with Crippen LogP contribution >= 0.6 is 27.7 Å². The number of rotatable bonds is 4. The van der Waals surface area contributed by atoms with Crippen LogP contribution in [0.1, 0.15) is 13.3 Å². The first-order chi connectivity index (χ1) is 6.70. The minimum absolute atomic E-state index is 0.244. The van der Waals surface area contributed by atoms with Gasteiger partial charge in [-0.15, -0.1) is 11.8 Å². The van der Waals surface area contributed by atoms with Crippen molar-refractivity contribution in [1.82, 2.24) is 0 Å². The molecule has 0 aromatic heterocycles. The van der Waals surface area contributed by atoms with Crippen molar-refractivity contribution in [3.05, 3.63) is 22.4 Å². The molecule has 0 bridgehead atoms. The van der Waals surface area contributed by atoms with Gasteiger partial charge in [0.1, 0.15) is 5.75 Å². The molecule has 0 N–H and O–H groups in total. The third-order valence-electron chi connectivity index (χ3n) is 1.68. The van der Waals surface area contributed by atoms with E-state index in [1.54, 1.807) is 12.1 Å². The molecule has 0 atom stereocenters. The first-order valence-electron chi connectivity index (χ1n) is 4.35. The Labute approximate surface area is 96.2 Å². The van der Waals surface area contributed by atoms with E-state index < -0.39 is 0 Å². The van der Waals surface area contributed by atoms with Crippen molar-refractivity contribution < 1.29 is 9.13 Å². The van der Waals surface area contributed by atoms with Crippen molar-refractivity contribution in [1.29, 1.82) is 0 Å². The molecule has 1 rings (SSSR count). The quantitative estimate of drug-likeness (QED) is 0.767. The van der Waals surface area contributed by atoms with Gasteiger partial charge in [-0.2, -0.15) is 0 Å². The number of halogens is 2. The van der Waals surface area contributed by atoms with E-state index in [0.29, 0.717) is 21.7 Å². The van der Waals surface area contributed by atoms with Crippen molar-refractivity contribution >= 4 is 27.7 Å². The standard InChI is InChI=1S/C10H12BrFOS/c1-3-6-13-8-5-4-7(11)9(12)10(8)14-2/h4-5H,3,6H2,1-2H3. The fourth-order valence-electron chi connectivity index (χ4n) is 1.03. The van der Waals surface area contributed by atoms with E-state index >= 15 is 0 Å². The van der Waals surface area contributed by atoms with Crippen LogP contribution in [-0.2, 0) is 0 Å². The van der Waals surface area contributed by atoms with E-state index in [1.807, 2.05) is 13.2 Å². The summed E-state index contributed by atoms with van der Waals surface area (Å²) < 4.78 is 19.5. The third kappa shape index (κ3) is 2.64. The Morgan fingerprint density at radius 1 is 1.50 bits per heavy atom. The lowest BCUT2D eigenvalue weighted by Gasteiger charge is -2.10. The Morgan fingerprint density at radius 3 is 2.79 bits per heavy atom. The SMILES string of the molecule is CCCOc1ccc(Br)c(F)c1SC. The minimum atomic E-state index is -0.244. The van der Waals surface area contributed by atoms with Crippen LogP contribution in [0.25, 0.3) is 0 Å². The minimum Gasteiger partial charge on any atom is -0.492 e. The summed E-state index contributed by atoms with van der Waals surface area (Å²) in [6.07, 6.45) is 2.76. The molecule has 78 valence electrons. The molecule has 0 amide bonds. The molecular formula is C10H12BrFOS. The van der Waals surface area contributed by atoms with E-state index in [-0.39, 0.29) is 5.82 Å². The average molecular weight is 279 g/mol. The second-order valence-corrected chi connectivity index (χ2v) is 4.41. The van der Waals surface area contributed by atoms with Gasteiger partial charge in [-0.25, -0.2) is 4.39 Å². The fourth-order valence-corrected chi connectivity index (χ4v) is 2.11. The number of thioether (sulfide) groups is 1. The summed E-state index contributed by atoms with van der Waals surface area (Å²) in [6, 6.07) is 3.45. The maximum atomic E-state index is 13.5. The predicted molar refractivity (Wildman–Crippen MR) is 61.7 cm³/mol. The highest BCUT2D eigenvalue weighted by atomic mass is 79.9. The first kappa shape index (κ1) is 11.9. The van der Waals surface area contributed by atoms with Crippen LogP contribution < -0.4 is 4.74 Å². The van der Waals surface area contributed by atoms with E-state index in [0.717, 1.165) is 6.42 Å². The topological polar surface area (TPSA) is 9.23 Å². The lowest BCUT2D eigenvalue weighted by atomic mass is 10.3. The Bertz CT molecular complexity index is 317. The largest absolute Gasteiger partial charge is 0.492 e. The van der Waals surface area contributed by atoms with Gasteiger partial charge in [0.25, 0.3) is 0 Å². The molecule has 0 radical (unpaired) electrons. The predicted octanol–water partition coefficient (Wildman–Crippen LogP) is 4.10. The Hall–Kier alpha value is -0.220. The van der Waals surface area contributed by atoms with Gasteiger partial charge in [0.2, 0.25) is 0 Å². The average Bonchev–Trinajstić information content (AvgIpc) is 2.20. The normalized spacial score (nSPS) is 10.3. The number of hydrogen-bond donors (Lipinski definition) is 0. The molecule has 0 aliphatic heterocycles. The summed E-state index contributed by atoms with van der Waals surface area (Å²) >= 11 is 4.50. The van der Waals surface area contributed by atoms with Crippen molar-refractivity contribution in [2.24, 2.45) is 0 Å². The zero-order valence-electron chi connectivity index (χ0n) is 8.14. The highest BCUT2D eigenvalue weighted by Gasteiger charge is 2.11. The van der Waals surface area contributed by atoms with Gasteiger partial charge in [0.15, 0.2) is 5.82 Å². The molecule has 0 unspecified atom stereocenters. The molecule has 14 heavy (non-hydrogen) atoms. The molecule has 0 heterocycles. The van der Waals surface area contributed by atoms with E-state index in [2.05, 4.69) is 15.9 Å². The summed E-state index contributed by atoms with van der Waals surface area (Å²) in [4.78, 5) is 0.563. The molecule has 0 aliphatic rings. The third-order valence-corrected chi connectivity index (χ3v) is 3.08. The monoisotopic (exact) mass is 278 g/mol. The van der Waals surface area contributed by atoms with Gasteiger partial charge >= 0.3 is 0 Å². The van der Waals surface area contributed by atoms with E-state index in [1.165, 1.54) is 11.8 Å². The van der Waals surface area contributed by atoms with Crippen LogP contribution in [0, 0.1) is 5.82 Å². The molecule has 1 nitrogen and oxygen atoms in total. The van der Waals surface area contributed by atoms with E-state index in [9.17, 15) is 4.39 Å². The molecule has 0 saturated heterocycles. The lowest BCUT2D eigenvalue weighted by Crippen LogP contribution is -1.98. The van der Waals surface area contributed by atoms with Crippen LogP contribution in [0.5, 0.6) is 5.75 Å². The Morgan fingerprint density at radius 2 is 2.21 bits per heavy atom. The maximum Gasteiger partial charge on any atom is 0.154 e. The van der Waals surface area contributed by atoms with Gasteiger partial charge in [0.05, 0.1) is 16.0 Å². The van der Waals surface area contributed by atoms with Crippen LogP contribution in [-0.4, -0.2) is 12.9 Å². The highest BCUT2D eigenvalue weighted by Crippen LogP contribution is 2.34. The molecular weight excluding hydrogens is 267 g/mol. The summed E-state index contributed by atoms with van der Waals surface area (Å²) in [5, 5.41) is 0. The smallest absolute Gasteiger partial charge is 0.154 e. The van der Waals surface area contributed by atoms with Crippen molar-refractivity contribution in [3.8, 4) is 5.75 Å². The van der Waals surface area contributed by atoms with Crippen LogP contribution in [0.2, 0.25) is 0 Å². The van der Waals surface area contributed by atoms with Crippen LogP contribution in [0.4, 0.5) is 4.39 Å².